The number of carbonyl (C=O) groups is 1. The largest absolute Gasteiger partial charge is 0.404 e. The van der Waals surface area contributed by atoms with Gasteiger partial charge in [-0.1, -0.05) is 0 Å². The lowest BCUT2D eigenvalue weighted by Gasteiger charge is -2.38. The zero-order valence-electron chi connectivity index (χ0n) is 19.5. The van der Waals surface area contributed by atoms with Crippen LogP contribution in [0.5, 0.6) is 0 Å². The van der Waals surface area contributed by atoms with E-state index in [2.05, 4.69) is 0 Å². The van der Waals surface area contributed by atoms with Crippen molar-refractivity contribution < 1.29 is 34.8 Å². The highest BCUT2D eigenvalue weighted by Gasteiger charge is 2.36. The van der Waals surface area contributed by atoms with Gasteiger partial charge in [-0.25, -0.2) is 16.8 Å². The van der Waals surface area contributed by atoms with Crippen molar-refractivity contribution >= 4 is 31.5 Å². The van der Waals surface area contributed by atoms with Crippen molar-refractivity contribution in [2.45, 2.75) is 68.1 Å². The number of sulfone groups is 1. The monoisotopic (exact) mass is 539 g/mol. The van der Waals surface area contributed by atoms with Gasteiger partial charge in [-0.05, 0) is 81.0 Å². The van der Waals surface area contributed by atoms with Gasteiger partial charge in [0.05, 0.1) is 16.7 Å². The minimum Gasteiger partial charge on any atom is -0.341 e. The summed E-state index contributed by atoms with van der Waals surface area (Å²) in [6.45, 7) is 0. The minimum atomic E-state index is -4.89. The summed E-state index contributed by atoms with van der Waals surface area (Å²) in [5, 5.41) is 0. The third-order valence-electron chi connectivity index (χ3n) is 6.95. The lowest BCUT2D eigenvalue weighted by atomic mass is 9.78. The molecule has 1 atom stereocenters. The second-order valence-electron chi connectivity index (χ2n) is 9.62. The van der Waals surface area contributed by atoms with Gasteiger partial charge in [0.15, 0.2) is 15.6 Å². The van der Waals surface area contributed by atoms with E-state index in [-0.39, 0.29) is 40.1 Å². The molecule has 0 heterocycles. The van der Waals surface area contributed by atoms with Crippen LogP contribution in [0.3, 0.4) is 0 Å². The summed E-state index contributed by atoms with van der Waals surface area (Å²) in [5.41, 5.74) is 6.09. The number of benzene rings is 1. The Morgan fingerprint density at radius 3 is 2.11 bits per heavy atom. The fourth-order valence-corrected chi connectivity index (χ4v) is 7.37. The summed E-state index contributed by atoms with van der Waals surface area (Å²) in [7, 11) is -6.55. The SMILES string of the molecule is CN(C(=O)[C@@H](N)C1CCC(CS(=O)(=O)c2ccc(NS(=O)(=O)CC(F)(F)F)cc2)CC1)C1CCC1. The molecule has 0 unspecified atom stereocenters. The molecule has 3 rings (SSSR count). The Labute approximate surface area is 204 Å². The minimum absolute atomic E-state index is 0.00739. The van der Waals surface area contributed by atoms with Crippen LogP contribution in [0.4, 0.5) is 18.9 Å². The molecule has 2 fully saturated rings. The first-order valence-electron chi connectivity index (χ1n) is 11.6. The number of nitrogens with two attached hydrogens (primary N) is 1. The van der Waals surface area contributed by atoms with E-state index >= 15 is 0 Å². The highest BCUT2D eigenvalue weighted by Crippen LogP contribution is 2.34. The molecule has 35 heavy (non-hydrogen) atoms. The number of rotatable bonds is 9. The molecule has 13 heteroatoms. The zero-order valence-corrected chi connectivity index (χ0v) is 21.1. The second kappa shape index (κ2) is 10.6. The Bertz CT molecular complexity index is 1100. The van der Waals surface area contributed by atoms with Gasteiger partial charge in [0.1, 0.15) is 0 Å². The van der Waals surface area contributed by atoms with Crippen LogP contribution in [-0.4, -0.2) is 64.5 Å². The maximum atomic E-state index is 12.8. The first-order chi connectivity index (χ1) is 16.2. The molecule has 1 aromatic rings. The molecule has 0 aromatic heterocycles. The summed E-state index contributed by atoms with van der Waals surface area (Å²) in [5.74, 6) is -2.30. The molecule has 0 spiro atoms. The van der Waals surface area contributed by atoms with Gasteiger partial charge in [0.2, 0.25) is 15.9 Å². The summed E-state index contributed by atoms with van der Waals surface area (Å²) in [4.78, 5) is 14.4. The topological polar surface area (TPSA) is 127 Å². The Morgan fingerprint density at radius 2 is 1.63 bits per heavy atom. The molecule has 3 N–H and O–H groups in total. The van der Waals surface area contributed by atoms with Crippen LogP contribution in [-0.2, 0) is 24.7 Å². The number of amides is 1. The molecule has 0 saturated heterocycles. The average Bonchev–Trinajstić information content (AvgIpc) is 2.70. The summed E-state index contributed by atoms with van der Waals surface area (Å²) in [6.07, 6.45) is 0.781. The molecular weight excluding hydrogens is 507 g/mol. The lowest BCUT2D eigenvalue weighted by Crippen LogP contribution is -2.52. The number of nitrogens with one attached hydrogen (secondary N) is 1. The van der Waals surface area contributed by atoms with Gasteiger partial charge in [-0.3, -0.25) is 9.52 Å². The number of likely N-dealkylation sites (N-methyl/N-ethyl adjacent to an activating group) is 1. The van der Waals surface area contributed by atoms with Gasteiger partial charge in [0.25, 0.3) is 0 Å². The molecule has 0 radical (unpaired) electrons. The van der Waals surface area contributed by atoms with Gasteiger partial charge in [-0.15, -0.1) is 0 Å². The fraction of sp³-hybridized carbons (Fsp3) is 0.682. The van der Waals surface area contributed by atoms with Crippen LogP contribution in [0, 0.1) is 11.8 Å². The van der Waals surface area contributed by atoms with Crippen LogP contribution in [0.2, 0.25) is 0 Å². The normalized spacial score (nSPS) is 22.8. The van der Waals surface area contributed by atoms with E-state index in [1.807, 2.05) is 0 Å². The molecule has 8 nitrogen and oxygen atoms in total. The molecule has 1 amide bonds. The second-order valence-corrected chi connectivity index (χ2v) is 13.4. The number of sulfonamides is 1. The summed E-state index contributed by atoms with van der Waals surface area (Å²) in [6, 6.07) is 4.28. The van der Waals surface area contributed by atoms with E-state index in [0.717, 1.165) is 31.4 Å². The Kier molecular flexibility index (Phi) is 8.42. The number of hydrogen-bond donors (Lipinski definition) is 2. The summed E-state index contributed by atoms with van der Waals surface area (Å²) < 4.78 is 87.7. The fourth-order valence-electron chi connectivity index (χ4n) is 4.67. The lowest BCUT2D eigenvalue weighted by molar-refractivity contribution is -0.136. The van der Waals surface area contributed by atoms with E-state index in [1.165, 1.54) is 12.1 Å². The molecule has 198 valence electrons. The first-order valence-corrected chi connectivity index (χ1v) is 14.9. The van der Waals surface area contributed by atoms with Gasteiger partial charge in [0, 0.05) is 18.8 Å². The van der Waals surface area contributed by atoms with Crippen LogP contribution in [0.15, 0.2) is 29.2 Å². The molecular formula is C22H32F3N3O5S2. The van der Waals surface area contributed by atoms with Crippen molar-refractivity contribution in [3.05, 3.63) is 24.3 Å². The Morgan fingerprint density at radius 1 is 1.06 bits per heavy atom. The van der Waals surface area contributed by atoms with Crippen molar-refractivity contribution in [3.63, 3.8) is 0 Å². The highest BCUT2D eigenvalue weighted by atomic mass is 32.2. The number of carbonyl (C=O) groups excluding carboxylic acids is 1. The molecule has 2 aliphatic carbocycles. The smallest absolute Gasteiger partial charge is 0.341 e. The molecule has 1 aromatic carbocycles. The molecule has 2 aliphatic rings. The first kappa shape index (κ1) is 27.7. The van der Waals surface area contributed by atoms with Crippen LogP contribution in [0.1, 0.15) is 44.9 Å². The van der Waals surface area contributed by atoms with Crippen LogP contribution < -0.4 is 10.5 Å². The third-order valence-corrected chi connectivity index (χ3v) is 10.1. The Hall–Kier alpha value is -1.86. The van der Waals surface area contributed by atoms with Crippen molar-refractivity contribution in [3.8, 4) is 0 Å². The molecule has 2 saturated carbocycles. The van der Waals surface area contributed by atoms with Gasteiger partial charge < -0.3 is 10.6 Å². The number of halogens is 3. The maximum absolute atomic E-state index is 12.8. The quantitative estimate of drug-likeness (QED) is 0.497. The molecule has 0 aliphatic heterocycles. The third kappa shape index (κ3) is 7.56. The zero-order chi connectivity index (χ0) is 26.0. The van der Waals surface area contributed by atoms with E-state index in [4.69, 9.17) is 5.73 Å². The van der Waals surface area contributed by atoms with E-state index in [9.17, 15) is 34.8 Å². The van der Waals surface area contributed by atoms with Crippen molar-refractivity contribution in [1.29, 1.82) is 0 Å². The highest BCUT2D eigenvalue weighted by molar-refractivity contribution is 7.92. The van der Waals surface area contributed by atoms with Gasteiger partial charge in [-0.2, -0.15) is 13.2 Å². The number of nitrogens with zero attached hydrogens (tertiary/aromatic N) is 1. The van der Waals surface area contributed by atoms with Crippen LogP contribution >= 0.6 is 0 Å². The van der Waals surface area contributed by atoms with Crippen molar-refractivity contribution in [2.24, 2.45) is 17.6 Å². The van der Waals surface area contributed by atoms with Crippen LogP contribution in [0.25, 0.3) is 0 Å². The predicted octanol–water partition coefficient (Wildman–Crippen LogP) is 2.91. The number of hydrogen-bond acceptors (Lipinski definition) is 6. The van der Waals surface area contributed by atoms with Crippen molar-refractivity contribution in [2.75, 3.05) is 23.3 Å². The maximum Gasteiger partial charge on any atom is 0.404 e. The van der Waals surface area contributed by atoms with Crippen molar-refractivity contribution in [1.82, 2.24) is 4.90 Å². The number of alkyl halides is 3. The van der Waals surface area contributed by atoms with Gasteiger partial charge >= 0.3 is 6.18 Å². The Balaban J connectivity index is 1.53. The predicted molar refractivity (Wildman–Crippen MR) is 126 cm³/mol. The summed E-state index contributed by atoms with van der Waals surface area (Å²) >= 11 is 0. The standard InChI is InChI=1S/C22H32F3N3O5S2/c1-28(18-3-2-4-18)21(29)20(26)16-7-5-15(6-8-16)13-34(30,31)19-11-9-17(10-12-19)27-35(32,33)14-22(23,24)25/h9-12,15-16,18,20,27H,2-8,13-14,26H2,1H3/t15?,16?,20-/m0/s1. The van der Waals surface area contributed by atoms with E-state index in [0.29, 0.717) is 25.7 Å². The average molecular weight is 540 g/mol. The molecule has 0 bridgehead atoms. The number of anilines is 1. The van der Waals surface area contributed by atoms with E-state index < -0.39 is 37.8 Å². The van der Waals surface area contributed by atoms with E-state index in [1.54, 1.807) is 16.7 Å².